The molecule has 0 aliphatic heterocycles. The molecule has 0 radical (unpaired) electrons. The van der Waals surface area contributed by atoms with E-state index in [-0.39, 0.29) is 23.9 Å². The molecule has 0 N–H and O–H groups in total. The zero-order chi connectivity index (χ0) is 17.8. The number of hydrogen-bond donors (Lipinski definition) is 0. The zero-order valence-corrected chi connectivity index (χ0v) is 14.3. The number of aryl methyl sites for hydroxylation is 2. The third kappa shape index (κ3) is 4.62. The summed E-state index contributed by atoms with van der Waals surface area (Å²) >= 11 is 0. The normalized spacial score (nSPS) is 14.6. The Morgan fingerprint density at radius 2 is 1.60 bits per heavy atom. The average molecular weight is 340 g/mol. The summed E-state index contributed by atoms with van der Waals surface area (Å²) in [5.74, 6) is -0.781. The highest BCUT2D eigenvalue weighted by Gasteiger charge is 2.35. The molecule has 6 heteroatoms. The van der Waals surface area contributed by atoms with Gasteiger partial charge in [-0.3, -0.25) is 0 Å². The third-order valence-electron chi connectivity index (χ3n) is 4.03. The van der Waals surface area contributed by atoms with E-state index >= 15 is 0 Å². The fourth-order valence-electron chi connectivity index (χ4n) is 2.46. The van der Waals surface area contributed by atoms with E-state index in [1.165, 1.54) is 0 Å². The van der Waals surface area contributed by atoms with E-state index in [4.69, 9.17) is 9.47 Å². The second kappa shape index (κ2) is 7.42. The molecule has 2 aromatic rings. The number of aromatic nitrogens is 2. The molecule has 1 saturated carbocycles. The molecular formula is C19H20N2O4. The van der Waals surface area contributed by atoms with Crippen molar-refractivity contribution in [2.24, 2.45) is 5.92 Å². The molecule has 2 heterocycles. The van der Waals surface area contributed by atoms with Gasteiger partial charge in [-0.1, -0.05) is 0 Å². The molecule has 2 aromatic heterocycles. The lowest BCUT2D eigenvalue weighted by molar-refractivity contribution is -0.00746. The Morgan fingerprint density at radius 3 is 2.12 bits per heavy atom. The quantitative estimate of drug-likeness (QED) is 0.753. The van der Waals surface area contributed by atoms with Crippen LogP contribution in [0.25, 0.3) is 0 Å². The van der Waals surface area contributed by atoms with Crippen LogP contribution >= 0.6 is 0 Å². The molecule has 130 valence electrons. The molecule has 0 amide bonds. The second-order valence-corrected chi connectivity index (χ2v) is 6.32. The van der Waals surface area contributed by atoms with Crippen molar-refractivity contribution in [3.63, 3.8) is 0 Å². The van der Waals surface area contributed by atoms with Gasteiger partial charge in [0.2, 0.25) is 0 Å². The lowest BCUT2D eigenvalue weighted by atomic mass is 10.2. The maximum Gasteiger partial charge on any atom is 0.357 e. The largest absolute Gasteiger partial charge is 0.457 e. The minimum atomic E-state index is -0.515. The van der Waals surface area contributed by atoms with Gasteiger partial charge in [0.1, 0.15) is 24.1 Å². The smallest absolute Gasteiger partial charge is 0.357 e. The van der Waals surface area contributed by atoms with E-state index in [1.807, 2.05) is 19.9 Å². The Morgan fingerprint density at radius 1 is 1.04 bits per heavy atom. The van der Waals surface area contributed by atoms with Gasteiger partial charge >= 0.3 is 11.9 Å². The molecule has 25 heavy (non-hydrogen) atoms. The minimum Gasteiger partial charge on any atom is -0.457 e. The Balaban J connectivity index is 1.60. The van der Waals surface area contributed by atoms with Gasteiger partial charge in [-0.2, -0.15) is 0 Å². The first-order valence-corrected chi connectivity index (χ1v) is 8.26. The summed E-state index contributed by atoms with van der Waals surface area (Å²) in [6.07, 6.45) is 4.59. The van der Waals surface area contributed by atoms with Crippen LogP contribution in [0.3, 0.4) is 0 Å². The molecular weight excluding hydrogens is 320 g/mol. The summed E-state index contributed by atoms with van der Waals surface area (Å²) in [4.78, 5) is 32.4. The van der Waals surface area contributed by atoms with E-state index in [0.29, 0.717) is 0 Å². The van der Waals surface area contributed by atoms with Crippen molar-refractivity contribution in [2.45, 2.75) is 32.8 Å². The minimum absolute atomic E-state index is 0.0245. The Bertz CT molecular complexity index is 786. The predicted octanol–water partition coefficient (Wildman–Crippen LogP) is 2.89. The van der Waals surface area contributed by atoms with Crippen LogP contribution in [0.2, 0.25) is 0 Å². The number of pyridine rings is 2. The molecule has 3 rings (SSSR count). The molecule has 1 aliphatic rings. The van der Waals surface area contributed by atoms with Crippen LogP contribution in [-0.2, 0) is 9.47 Å². The maximum atomic E-state index is 12.3. The molecule has 0 bridgehead atoms. The first kappa shape index (κ1) is 17.1. The van der Waals surface area contributed by atoms with Crippen LogP contribution in [0.4, 0.5) is 0 Å². The third-order valence-corrected chi connectivity index (χ3v) is 4.03. The van der Waals surface area contributed by atoms with Gasteiger partial charge in [0, 0.05) is 12.4 Å². The second-order valence-electron chi connectivity index (χ2n) is 6.32. The molecule has 0 saturated heterocycles. The highest BCUT2D eigenvalue weighted by molar-refractivity contribution is 5.88. The molecule has 1 aliphatic carbocycles. The van der Waals surface area contributed by atoms with Gasteiger partial charge in [0.15, 0.2) is 0 Å². The number of esters is 2. The van der Waals surface area contributed by atoms with E-state index in [0.717, 1.165) is 24.0 Å². The molecule has 1 fully saturated rings. The van der Waals surface area contributed by atoms with E-state index in [9.17, 15) is 9.59 Å². The van der Waals surface area contributed by atoms with Crippen molar-refractivity contribution in [1.29, 1.82) is 0 Å². The topological polar surface area (TPSA) is 78.4 Å². The van der Waals surface area contributed by atoms with Crippen molar-refractivity contribution in [2.75, 3.05) is 6.61 Å². The van der Waals surface area contributed by atoms with E-state index in [1.54, 1.807) is 30.6 Å². The molecule has 0 aromatic carbocycles. The summed E-state index contributed by atoms with van der Waals surface area (Å²) in [5, 5.41) is 0. The Kier molecular flexibility index (Phi) is 5.07. The number of nitrogens with zero attached hydrogens (tertiary/aromatic N) is 2. The lowest BCUT2D eigenvalue weighted by Crippen LogP contribution is -2.27. The summed E-state index contributed by atoms with van der Waals surface area (Å²) in [5.41, 5.74) is 2.37. The van der Waals surface area contributed by atoms with Crippen molar-refractivity contribution >= 4 is 11.9 Å². The zero-order valence-electron chi connectivity index (χ0n) is 14.3. The summed E-state index contributed by atoms with van der Waals surface area (Å²) in [7, 11) is 0. The van der Waals surface area contributed by atoms with E-state index < -0.39 is 18.0 Å². The standard InChI is InChI=1S/C19H20N2O4/c1-12-5-7-20-15(9-12)18(22)24-11-17(14-3-4-14)25-19(23)16-10-13(2)6-8-21-16/h5-10,14,17H,3-4,11H2,1-2H3. The van der Waals surface area contributed by atoms with Crippen molar-refractivity contribution in [3.8, 4) is 0 Å². The van der Waals surface area contributed by atoms with Gasteiger partial charge in [0.05, 0.1) is 0 Å². The van der Waals surface area contributed by atoms with Crippen LogP contribution in [0, 0.1) is 19.8 Å². The van der Waals surface area contributed by atoms with Crippen molar-refractivity contribution < 1.29 is 19.1 Å². The van der Waals surface area contributed by atoms with Crippen molar-refractivity contribution in [3.05, 3.63) is 59.2 Å². The van der Waals surface area contributed by atoms with Crippen molar-refractivity contribution in [1.82, 2.24) is 9.97 Å². The number of hydrogen-bond acceptors (Lipinski definition) is 6. The van der Waals surface area contributed by atoms with E-state index in [2.05, 4.69) is 9.97 Å². The fraction of sp³-hybridized carbons (Fsp3) is 0.368. The number of rotatable bonds is 6. The summed E-state index contributed by atoms with van der Waals surface area (Å²) in [6, 6.07) is 6.96. The maximum absolute atomic E-state index is 12.3. The van der Waals surface area contributed by atoms with Gasteiger partial charge in [0.25, 0.3) is 0 Å². The molecule has 0 spiro atoms. The highest BCUT2D eigenvalue weighted by Crippen LogP contribution is 2.35. The fourth-order valence-corrected chi connectivity index (χ4v) is 2.46. The van der Waals surface area contributed by atoms with Crippen LogP contribution in [0.15, 0.2) is 36.7 Å². The molecule has 6 nitrogen and oxygen atoms in total. The Hall–Kier alpha value is -2.76. The first-order valence-electron chi connectivity index (χ1n) is 8.26. The summed E-state index contributed by atoms with van der Waals surface area (Å²) in [6.45, 7) is 3.78. The predicted molar refractivity (Wildman–Crippen MR) is 90.2 cm³/mol. The van der Waals surface area contributed by atoms with Gasteiger partial charge in [-0.05, 0) is 68.0 Å². The van der Waals surface area contributed by atoms with Crippen LogP contribution < -0.4 is 0 Å². The Labute approximate surface area is 146 Å². The van der Waals surface area contributed by atoms with Gasteiger partial charge in [-0.25, -0.2) is 19.6 Å². The highest BCUT2D eigenvalue weighted by atomic mass is 16.6. The first-order chi connectivity index (χ1) is 12.0. The lowest BCUT2D eigenvalue weighted by Gasteiger charge is -2.17. The average Bonchev–Trinajstić information content (AvgIpc) is 3.43. The SMILES string of the molecule is Cc1ccnc(C(=O)OCC(OC(=O)c2cc(C)ccn2)C2CC2)c1. The number of carbonyl (C=O) groups excluding carboxylic acids is 2. The monoisotopic (exact) mass is 340 g/mol. The van der Waals surface area contributed by atoms with Gasteiger partial charge in [-0.15, -0.1) is 0 Å². The molecule has 1 atom stereocenters. The summed E-state index contributed by atoms with van der Waals surface area (Å²) < 4.78 is 10.8. The molecule has 1 unspecified atom stereocenters. The number of carbonyl (C=O) groups is 2. The van der Waals surface area contributed by atoms with Crippen LogP contribution in [0.5, 0.6) is 0 Å². The van der Waals surface area contributed by atoms with Gasteiger partial charge < -0.3 is 9.47 Å². The van der Waals surface area contributed by atoms with Crippen LogP contribution in [-0.4, -0.2) is 34.6 Å². The number of ether oxygens (including phenoxy) is 2. The van der Waals surface area contributed by atoms with Crippen LogP contribution in [0.1, 0.15) is 44.9 Å².